The molecule has 0 aliphatic heterocycles. The maximum absolute atomic E-state index is 13.7. The molecule has 0 amide bonds. The van der Waals surface area contributed by atoms with Gasteiger partial charge in [-0.3, -0.25) is 4.79 Å². The van der Waals surface area contributed by atoms with Gasteiger partial charge in [0.1, 0.15) is 40.2 Å². The number of rotatable bonds is 10. The molecular formula is C32H24ClLiO5P+. The third-order valence-corrected chi connectivity index (χ3v) is 7.16. The molecule has 0 aromatic heterocycles. The van der Waals surface area contributed by atoms with Crippen LogP contribution in [0.15, 0.2) is 121 Å². The Morgan fingerprint density at radius 3 is 1.55 bits per heavy atom. The number of para-hydroxylation sites is 3. The van der Waals surface area contributed by atoms with E-state index < -0.39 is 8.58 Å². The van der Waals surface area contributed by atoms with E-state index in [1.54, 1.807) is 30.3 Å². The first kappa shape index (κ1) is 29.3. The summed E-state index contributed by atoms with van der Waals surface area (Å²) in [5.41, 5.74) is 0.0888. The van der Waals surface area contributed by atoms with Crippen molar-refractivity contribution in [2.45, 2.75) is 0 Å². The molecule has 0 aliphatic carbocycles. The summed E-state index contributed by atoms with van der Waals surface area (Å²) in [6.07, 6.45) is 0. The Kier molecular flexibility index (Phi) is 10.3. The number of halogens is 1. The molecule has 0 saturated carbocycles. The Morgan fingerprint density at radius 2 is 1.07 bits per heavy atom. The molecule has 8 heteroatoms. The fourth-order valence-corrected chi connectivity index (χ4v) is 5.27. The molecule has 0 heterocycles. The average Bonchev–Trinajstić information content (AvgIpc) is 2.96. The van der Waals surface area contributed by atoms with Gasteiger partial charge in [0.2, 0.25) is 0 Å². The summed E-state index contributed by atoms with van der Waals surface area (Å²) in [6, 6.07) is 36.7. The van der Waals surface area contributed by atoms with Gasteiger partial charge in [-0.2, -0.15) is 0 Å². The second-order valence-corrected chi connectivity index (χ2v) is 9.92. The third-order valence-electron chi connectivity index (χ3n) is 5.62. The molecule has 194 valence electrons. The predicted octanol–water partition coefficient (Wildman–Crippen LogP) is 5.87. The van der Waals surface area contributed by atoms with E-state index in [0.717, 1.165) is 0 Å². The van der Waals surface area contributed by atoms with Gasteiger partial charge in [0, 0.05) is 12.1 Å². The van der Waals surface area contributed by atoms with Gasteiger partial charge in [-0.05, 0) is 57.1 Å². The van der Waals surface area contributed by atoms with Crippen molar-refractivity contribution in [3.05, 3.63) is 132 Å². The van der Waals surface area contributed by atoms with Crippen molar-refractivity contribution in [1.29, 1.82) is 0 Å². The van der Waals surface area contributed by atoms with Crippen molar-refractivity contribution < 1.29 is 42.6 Å². The van der Waals surface area contributed by atoms with Crippen LogP contribution >= 0.6 is 20.2 Å². The summed E-state index contributed by atoms with van der Waals surface area (Å²) >= 11 is 6.44. The fourth-order valence-electron chi connectivity index (χ4n) is 3.84. The summed E-state index contributed by atoms with van der Waals surface area (Å²) in [7, 11) is 1.12. The van der Waals surface area contributed by atoms with Crippen LogP contribution in [0, 0.1) is 0 Å². The molecule has 0 spiro atoms. The molecule has 0 fully saturated rings. The second kappa shape index (κ2) is 14.1. The van der Waals surface area contributed by atoms with E-state index in [4.69, 9.17) is 30.5 Å². The van der Waals surface area contributed by atoms with Gasteiger partial charge in [0.15, 0.2) is 5.52 Å². The average molecular weight is 562 g/mol. The number of carbonyl (C=O) groups is 1. The van der Waals surface area contributed by atoms with E-state index in [9.17, 15) is 4.79 Å². The number of benzene rings is 5. The van der Waals surface area contributed by atoms with Crippen LogP contribution in [0.1, 0.15) is 10.4 Å². The van der Waals surface area contributed by atoms with Crippen molar-refractivity contribution in [3.63, 3.8) is 0 Å². The molecule has 0 aliphatic rings. The first-order chi connectivity index (χ1) is 19.1. The Morgan fingerprint density at radius 1 is 0.600 bits per heavy atom. The monoisotopic (exact) mass is 561 g/mol. The standard InChI is InChI=1S/C32H24ClO5P.Li/c1-35-27-19-11-18-26(33)30(27)32(34)39-31-28(37-23-14-7-3-8-15-23)20-25(36-22-12-5-2-6-13-22)21-29(31)38-24-16-9-4-10-17-24;/h2-21,39H,1H3;/q;+1. The van der Waals surface area contributed by atoms with E-state index in [2.05, 4.69) is 0 Å². The van der Waals surface area contributed by atoms with Crippen molar-refractivity contribution >= 4 is 31.0 Å². The van der Waals surface area contributed by atoms with Gasteiger partial charge in [0.05, 0.1) is 23.0 Å². The van der Waals surface area contributed by atoms with Gasteiger partial charge >= 0.3 is 18.9 Å². The molecule has 0 bridgehead atoms. The molecule has 0 N–H and O–H groups in total. The van der Waals surface area contributed by atoms with Crippen LogP contribution in [0.2, 0.25) is 5.02 Å². The molecule has 5 aromatic carbocycles. The second-order valence-electron chi connectivity index (χ2n) is 8.31. The fraction of sp³-hybridized carbons (Fsp3) is 0.0312. The van der Waals surface area contributed by atoms with Crippen LogP contribution in [-0.2, 0) is 0 Å². The quantitative estimate of drug-likeness (QED) is 0.158. The molecule has 0 radical (unpaired) electrons. The Balaban J connectivity index is 0.00000370. The van der Waals surface area contributed by atoms with Gasteiger partial charge in [-0.1, -0.05) is 72.3 Å². The molecule has 1 unspecified atom stereocenters. The van der Waals surface area contributed by atoms with Crippen molar-refractivity contribution in [1.82, 2.24) is 0 Å². The van der Waals surface area contributed by atoms with Crippen molar-refractivity contribution in [2.75, 3.05) is 7.11 Å². The molecule has 5 nitrogen and oxygen atoms in total. The van der Waals surface area contributed by atoms with Crippen LogP contribution < -0.4 is 43.1 Å². The predicted molar refractivity (Wildman–Crippen MR) is 156 cm³/mol. The number of hydrogen-bond acceptors (Lipinski definition) is 5. The summed E-state index contributed by atoms with van der Waals surface area (Å²) in [5, 5.41) is 0.877. The summed E-state index contributed by atoms with van der Waals surface area (Å²) in [5.74, 6) is 3.62. The maximum Gasteiger partial charge on any atom is 1.00 e. The Hall–Kier alpha value is -3.71. The number of hydrogen-bond donors (Lipinski definition) is 0. The van der Waals surface area contributed by atoms with Gasteiger partial charge in [-0.25, -0.2) is 0 Å². The molecular weight excluding hydrogens is 538 g/mol. The largest absolute Gasteiger partial charge is 1.00 e. The summed E-state index contributed by atoms with van der Waals surface area (Å²) < 4.78 is 24.2. The summed E-state index contributed by atoms with van der Waals surface area (Å²) in [6.45, 7) is 0. The first-order valence-corrected chi connectivity index (χ1v) is 13.5. The SMILES string of the molecule is COc1cccc(Cl)c1C(=O)Pc1c(Oc2ccccc2)cc(Oc2ccccc2)cc1Oc1ccccc1.[Li+]. The smallest absolute Gasteiger partial charge is 0.496 e. The van der Waals surface area contributed by atoms with E-state index in [0.29, 0.717) is 56.1 Å². The van der Waals surface area contributed by atoms with Crippen LogP contribution in [0.25, 0.3) is 0 Å². The number of methoxy groups -OCH3 is 1. The third kappa shape index (κ3) is 7.27. The van der Waals surface area contributed by atoms with Crippen LogP contribution in [-0.4, -0.2) is 12.6 Å². The van der Waals surface area contributed by atoms with Crippen LogP contribution in [0.3, 0.4) is 0 Å². The van der Waals surface area contributed by atoms with E-state index >= 15 is 0 Å². The van der Waals surface area contributed by atoms with Gasteiger partial charge in [0.25, 0.3) is 0 Å². The number of ether oxygens (including phenoxy) is 4. The Bertz CT molecular complexity index is 1500. The van der Waals surface area contributed by atoms with E-state index in [1.165, 1.54) is 7.11 Å². The first-order valence-electron chi connectivity index (χ1n) is 12.1. The molecule has 1 atom stereocenters. The van der Waals surface area contributed by atoms with E-state index in [1.807, 2.05) is 91.0 Å². The minimum atomic E-state index is -0.392. The minimum absolute atomic E-state index is 0. The normalized spacial score (nSPS) is 10.6. The molecule has 5 aromatic rings. The molecule has 5 rings (SSSR count). The zero-order chi connectivity index (χ0) is 27.0. The van der Waals surface area contributed by atoms with Crippen LogP contribution in [0.4, 0.5) is 0 Å². The maximum atomic E-state index is 13.7. The van der Waals surface area contributed by atoms with Crippen molar-refractivity contribution in [3.8, 4) is 40.2 Å². The van der Waals surface area contributed by atoms with Crippen LogP contribution in [0.5, 0.6) is 40.2 Å². The van der Waals surface area contributed by atoms with Gasteiger partial charge in [-0.15, -0.1) is 0 Å². The Labute approximate surface area is 252 Å². The molecule has 0 saturated heterocycles. The number of carbonyl (C=O) groups excluding carboxylic acids is 1. The topological polar surface area (TPSA) is 54.0 Å². The van der Waals surface area contributed by atoms with Crippen molar-refractivity contribution in [2.24, 2.45) is 0 Å². The summed E-state index contributed by atoms with van der Waals surface area (Å²) in [4.78, 5) is 13.7. The minimum Gasteiger partial charge on any atom is -0.496 e. The van der Waals surface area contributed by atoms with E-state index in [-0.39, 0.29) is 24.4 Å². The van der Waals surface area contributed by atoms with Gasteiger partial charge < -0.3 is 18.9 Å². The molecule has 40 heavy (non-hydrogen) atoms. The zero-order valence-corrected chi connectivity index (χ0v) is 23.7. The zero-order valence-electron chi connectivity index (χ0n) is 22.0.